The second-order valence-corrected chi connectivity index (χ2v) is 13.5. The first-order chi connectivity index (χ1) is 12.1. The fraction of sp³-hybridized carbons (Fsp3) is 0.650. The van der Waals surface area contributed by atoms with Crippen molar-refractivity contribution < 1.29 is 8.82 Å². The molecule has 0 bridgehead atoms. The van der Waals surface area contributed by atoms with Crippen LogP contribution in [0.5, 0.6) is 0 Å². The fourth-order valence-electron chi connectivity index (χ4n) is 3.15. The van der Waals surface area contributed by atoms with Crippen LogP contribution < -0.4 is 5.32 Å². The molecule has 1 saturated heterocycles. The number of benzene rings is 1. The summed E-state index contributed by atoms with van der Waals surface area (Å²) in [5.74, 6) is -0.361. The lowest BCUT2D eigenvalue weighted by Gasteiger charge is -2.38. The van der Waals surface area contributed by atoms with E-state index in [0.29, 0.717) is 5.56 Å². The Balaban J connectivity index is 2.01. The van der Waals surface area contributed by atoms with Crippen LogP contribution in [0.2, 0.25) is 18.1 Å². The van der Waals surface area contributed by atoms with Crippen molar-refractivity contribution in [1.82, 2.24) is 10.2 Å². The number of hydrogen-bond acceptors (Lipinski definition) is 4. The molecule has 1 fully saturated rings. The third-order valence-electron chi connectivity index (χ3n) is 5.74. The standard InChI is InChI=1S/C20H32FN3OSi/c1-20(2,3)26(5,6)25-18-7-8-24(13-18)14-19(23-4)16-9-15(12-22)10-17(21)11-16/h9-11,18-19,23H,7-8,13-14H2,1-6H3/t18-,19?/m0/s1. The molecule has 1 heterocycles. The summed E-state index contributed by atoms with van der Waals surface area (Å²) < 4.78 is 20.3. The molecule has 0 saturated carbocycles. The number of likely N-dealkylation sites (N-methyl/N-ethyl adjacent to an activating group) is 1. The van der Waals surface area contributed by atoms with Crippen LogP contribution in [0.3, 0.4) is 0 Å². The van der Waals surface area contributed by atoms with E-state index in [0.717, 1.165) is 31.6 Å². The van der Waals surface area contributed by atoms with Crippen molar-refractivity contribution in [2.75, 3.05) is 26.7 Å². The van der Waals surface area contributed by atoms with E-state index < -0.39 is 8.32 Å². The minimum absolute atomic E-state index is 0.00980. The predicted octanol–water partition coefficient (Wildman–Crippen LogP) is 4.05. The topological polar surface area (TPSA) is 48.3 Å². The number of halogens is 1. The van der Waals surface area contributed by atoms with Crippen LogP contribution in [0.15, 0.2) is 18.2 Å². The van der Waals surface area contributed by atoms with Gasteiger partial charge >= 0.3 is 0 Å². The number of rotatable bonds is 6. The average molecular weight is 378 g/mol. The minimum Gasteiger partial charge on any atom is -0.413 e. The molecule has 1 N–H and O–H groups in total. The van der Waals surface area contributed by atoms with Gasteiger partial charge in [-0.2, -0.15) is 5.26 Å². The average Bonchev–Trinajstić information content (AvgIpc) is 2.97. The van der Waals surface area contributed by atoms with E-state index in [1.807, 2.05) is 13.1 Å². The zero-order valence-electron chi connectivity index (χ0n) is 16.9. The van der Waals surface area contributed by atoms with Crippen molar-refractivity contribution in [3.05, 3.63) is 35.1 Å². The van der Waals surface area contributed by atoms with Gasteiger partial charge in [-0.25, -0.2) is 4.39 Å². The summed E-state index contributed by atoms with van der Waals surface area (Å²) >= 11 is 0. The molecule has 0 amide bonds. The summed E-state index contributed by atoms with van der Waals surface area (Å²) in [5, 5.41) is 12.5. The van der Waals surface area contributed by atoms with Crippen molar-refractivity contribution >= 4 is 8.32 Å². The number of nitriles is 1. The molecule has 1 aliphatic heterocycles. The van der Waals surface area contributed by atoms with Gasteiger partial charge in [-0.3, -0.25) is 4.90 Å². The van der Waals surface area contributed by atoms with Gasteiger partial charge in [-0.05, 0) is 55.4 Å². The highest BCUT2D eigenvalue weighted by Crippen LogP contribution is 2.38. The smallest absolute Gasteiger partial charge is 0.192 e. The van der Waals surface area contributed by atoms with Gasteiger partial charge in [-0.1, -0.05) is 20.8 Å². The van der Waals surface area contributed by atoms with Crippen LogP contribution in [-0.2, 0) is 4.43 Å². The van der Waals surface area contributed by atoms with Crippen LogP contribution in [0.4, 0.5) is 4.39 Å². The third kappa shape index (κ3) is 5.14. The van der Waals surface area contributed by atoms with Crippen LogP contribution in [0.1, 0.15) is 44.4 Å². The van der Waals surface area contributed by atoms with E-state index in [-0.39, 0.29) is 23.0 Å². The molecule has 144 valence electrons. The highest BCUT2D eigenvalue weighted by atomic mass is 28.4. The van der Waals surface area contributed by atoms with Gasteiger partial charge in [0.15, 0.2) is 8.32 Å². The molecule has 2 rings (SSSR count). The van der Waals surface area contributed by atoms with Gasteiger partial charge < -0.3 is 9.74 Å². The van der Waals surface area contributed by atoms with E-state index in [9.17, 15) is 4.39 Å². The lowest BCUT2D eigenvalue weighted by molar-refractivity contribution is 0.177. The molecule has 0 radical (unpaired) electrons. The molecule has 1 aromatic carbocycles. The Morgan fingerprint density at radius 3 is 2.65 bits per heavy atom. The first-order valence-electron chi connectivity index (χ1n) is 9.34. The maximum absolute atomic E-state index is 13.8. The molecule has 6 heteroatoms. The summed E-state index contributed by atoms with van der Waals surface area (Å²) in [4.78, 5) is 2.37. The molecular weight excluding hydrogens is 345 g/mol. The second kappa shape index (κ2) is 8.18. The van der Waals surface area contributed by atoms with E-state index in [4.69, 9.17) is 9.69 Å². The van der Waals surface area contributed by atoms with Gasteiger partial charge in [0.2, 0.25) is 0 Å². The Hall–Kier alpha value is -1.26. The number of likely N-dealkylation sites (tertiary alicyclic amines) is 1. The van der Waals surface area contributed by atoms with Gasteiger partial charge in [0.05, 0.1) is 17.7 Å². The first-order valence-corrected chi connectivity index (χ1v) is 12.2. The highest BCUT2D eigenvalue weighted by molar-refractivity contribution is 6.74. The molecular formula is C20H32FN3OSi. The lowest BCUT2D eigenvalue weighted by atomic mass is 10.0. The van der Waals surface area contributed by atoms with Crippen molar-refractivity contribution in [2.45, 2.75) is 57.5 Å². The Labute approximate surface area is 158 Å². The number of nitrogens with zero attached hydrogens (tertiary/aromatic N) is 2. The molecule has 26 heavy (non-hydrogen) atoms. The zero-order valence-corrected chi connectivity index (χ0v) is 17.9. The van der Waals surface area contributed by atoms with Crippen LogP contribution in [0, 0.1) is 17.1 Å². The number of nitrogens with one attached hydrogen (secondary N) is 1. The minimum atomic E-state index is -1.76. The summed E-state index contributed by atoms with van der Waals surface area (Å²) in [7, 11) is 0.117. The summed E-state index contributed by atoms with van der Waals surface area (Å²) in [5.41, 5.74) is 1.18. The van der Waals surface area contributed by atoms with Crippen molar-refractivity contribution in [1.29, 1.82) is 5.26 Å². The number of hydrogen-bond donors (Lipinski definition) is 1. The van der Waals surface area contributed by atoms with Crippen molar-refractivity contribution in [3.63, 3.8) is 0 Å². The monoisotopic (exact) mass is 377 g/mol. The summed E-state index contributed by atoms with van der Waals surface area (Å²) in [6.07, 6.45) is 1.31. The molecule has 1 aliphatic rings. The Kier molecular flexibility index (Phi) is 6.62. The predicted molar refractivity (Wildman–Crippen MR) is 106 cm³/mol. The third-order valence-corrected chi connectivity index (χ3v) is 10.3. The largest absolute Gasteiger partial charge is 0.413 e. The normalized spacial score (nSPS) is 20.2. The van der Waals surface area contributed by atoms with Gasteiger partial charge in [-0.15, -0.1) is 0 Å². The quantitative estimate of drug-likeness (QED) is 0.760. The summed E-state index contributed by atoms with van der Waals surface area (Å²) in [6, 6.07) is 6.58. The second-order valence-electron chi connectivity index (χ2n) is 8.77. The van der Waals surface area contributed by atoms with E-state index in [2.05, 4.69) is 44.1 Å². The van der Waals surface area contributed by atoms with E-state index in [1.165, 1.54) is 12.1 Å². The van der Waals surface area contributed by atoms with Crippen molar-refractivity contribution in [3.8, 4) is 6.07 Å². The molecule has 0 aromatic heterocycles. The molecule has 4 nitrogen and oxygen atoms in total. The molecule has 0 spiro atoms. The highest BCUT2D eigenvalue weighted by Gasteiger charge is 2.40. The van der Waals surface area contributed by atoms with E-state index >= 15 is 0 Å². The Bertz CT molecular complexity index is 666. The van der Waals surface area contributed by atoms with E-state index in [1.54, 1.807) is 6.07 Å². The molecule has 0 aliphatic carbocycles. The SMILES string of the molecule is CNC(CN1CC[C@H](O[Si](C)(C)C(C)(C)C)C1)c1cc(F)cc(C#N)c1. The Morgan fingerprint density at radius 1 is 1.38 bits per heavy atom. The van der Waals surface area contributed by atoms with Crippen molar-refractivity contribution in [2.24, 2.45) is 0 Å². The van der Waals surface area contributed by atoms with Crippen LogP contribution in [-0.4, -0.2) is 46.0 Å². The van der Waals surface area contributed by atoms with Crippen LogP contribution >= 0.6 is 0 Å². The zero-order chi connectivity index (χ0) is 19.5. The molecule has 2 atom stereocenters. The van der Waals surface area contributed by atoms with Gasteiger partial charge in [0.25, 0.3) is 0 Å². The van der Waals surface area contributed by atoms with Crippen LogP contribution in [0.25, 0.3) is 0 Å². The molecule has 1 aromatic rings. The fourth-order valence-corrected chi connectivity index (χ4v) is 4.53. The maximum Gasteiger partial charge on any atom is 0.192 e. The Morgan fingerprint density at radius 2 is 2.08 bits per heavy atom. The summed E-state index contributed by atoms with van der Waals surface area (Å²) in [6.45, 7) is 14.1. The first kappa shape index (κ1) is 21.0. The molecule has 1 unspecified atom stereocenters. The lowest BCUT2D eigenvalue weighted by Crippen LogP contribution is -2.44. The maximum atomic E-state index is 13.8. The van der Waals surface area contributed by atoms with Gasteiger partial charge in [0, 0.05) is 25.7 Å². The van der Waals surface area contributed by atoms with Gasteiger partial charge in [0.1, 0.15) is 5.82 Å².